The monoisotopic (exact) mass is 288 g/mol. The van der Waals surface area contributed by atoms with Crippen molar-refractivity contribution in [1.29, 1.82) is 0 Å². The average Bonchev–Trinajstić information content (AvgIpc) is 2.42. The van der Waals surface area contributed by atoms with Crippen LogP contribution >= 0.6 is 0 Å². The first-order valence-corrected chi connectivity index (χ1v) is 6.28. The molecule has 0 aliphatic carbocycles. The largest absolute Gasteiger partial charge is 0.416 e. The van der Waals surface area contributed by atoms with Gasteiger partial charge in [0.25, 0.3) is 5.91 Å². The number of hydrogen-bond acceptors (Lipinski definition) is 3. The van der Waals surface area contributed by atoms with Gasteiger partial charge in [-0.25, -0.2) is 0 Å². The Kier molecular flexibility index (Phi) is 4.17. The summed E-state index contributed by atoms with van der Waals surface area (Å²) in [5.74, 6) is -0.603. The number of nitrogens with one attached hydrogen (secondary N) is 2. The number of fused-ring (bicyclic) bond motifs is 1. The summed E-state index contributed by atoms with van der Waals surface area (Å²) in [6.07, 6.45) is -5.72. The minimum atomic E-state index is -4.73. The van der Waals surface area contributed by atoms with E-state index in [0.717, 1.165) is 24.2 Å². The first-order chi connectivity index (χ1) is 9.39. The van der Waals surface area contributed by atoms with Crippen molar-refractivity contribution in [3.8, 4) is 0 Å². The molecule has 0 aromatic heterocycles. The van der Waals surface area contributed by atoms with E-state index in [4.69, 9.17) is 5.11 Å². The van der Waals surface area contributed by atoms with Crippen molar-refractivity contribution in [2.24, 2.45) is 0 Å². The van der Waals surface area contributed by atoms with Crippen LogP contribution in [0.3, 0.4) is 0 Å². The molecule has 7 heteroatoms. The van der Waals surface area contributed by atoms with Gasteiger partial charge in [0.1, 0.15) is 0 Å². The maximum atomic E-state index is 12.2. The first-order valence-electron chi connectivity index (χ1n) is 6.28. The van der Waals surface area contributed by atoms with Gasteiger partial charge in [0.05, 0.1) is 6.54 Å². The fourth-order valence-electron chi connectivity index (χ4n) is 2.12. The minimum absolute atomic E-state index is 0.351. The van der Waals surface area contributed by atoms with Crippen LogP contribution in [0, 0.1) is 0 Å². The second kappa shape index (κ2) is 5.70. The molecule has 1 aliphatic heterocycles. The Morgan fingerprint density at radius 1 is 1.45 bits per heavy atom. The first kappa shape index (κ1) is 14.6. The van der Waals surface area contributed by atoms with Gasteiger partial charge in [-0.3, -0.25) is 4.79 Å². The third kappa shape index (κ3) is 3.22. The van der Waals surface area contributed by atoms with Gasteiger partial charge in [-0.15, -0.1) is 0 Å². The fraction of sp³-hybridized carbons (Fsp3) is 0.462. The van der Waals surface area contributed by atoms with Crippen molar-refractivity contribution in [3.63, 3.8) is 0 Å². The van der Waals surface area contributed by atoms with Crippen LogP contribution in [-0.2, 0) is 6.42 Å². The van der Waals surface area contributed by atoms with E-state index in [1.807, 2.05) is 6.07 Å². The van der Waals surface area contributed by atoms with Crippen molar-refractivity contribution in [1.82, 2.24) is 5.32 Å². The summed E-state index contributed by atoms with van der Waals surface area (Å²) in [4.78, 5) is 11.9. The maximum Gasteiger partial charge on any atom is 0.416 e. The second-order valence-corrected chi connectivity index (χ2v) is 4.63. The smallest absolute Gasteiger partial charge is 0.385 e. The Bertz CT molecular complexity index is 503. The van der Waals surface area contributed by atoms with E-state index in [1.165, 1.54) is 0 Å². The number of carbonyl (C=O) groups excluding carboxylic acids is 1. The van der Waals surface area contributed by atoms with Gasteiger partial charge in [0, 0.05) is 17.8 Å². The number of carbonyl (C=O) groups is 1. The maximum absolute atomic E-state index is 12.2. The van der Waals surface area contributed by atoms with Crippen LogP contribution in [0.25, 0.3) is 0 Å². The Labute approximate surface area is 114 Å². The topological polar surface area (TPSA) is 61.4 Å². The second-order valence-electron chi connectivity index (χ2n) is 4.63. The molecular weight excluding hydrogens is 273 g/mol. The molecule has 0 bridgehead atoms. The Morgan fingerprint density at radius 2 is 2.20 bits per heavy atom. The SMILES string of the molecule is O=C(NCC(O)C(F)(F)F)c1cccc2c1CCCN2. The molecule has 4 nitrogen and oxygen atoms in total. The van der Waals surface area contributed by atoms with Gasteiger partial charge >= 0.3 is 6.18 Å². The van der Waals surface area contributed by atoms with Gasteiger partial charge in [0.2, 0.25) is 0 Å². The fourth-order valence-corrected chi connectivity index (χ4v) is 2.12. The predicted molar refractivity (Wildman–Crippen MR) is 67.6 cm³/mol. The van der Waals surface area contributed by atoms with Crippen LogP contribution in [0.15, 0.2) is 18.2 Å². The lowest BCUT2D eigenvalue weighted by Gasteiger charge is -2.21. The zero-order chi connectivity index (χ0) is 14.8. The Balaban J connectivity index is 2.07. The van der Waals surface area contributed by atoms with Crippen LogP contribution < -0.4 is 10.6 Å². The standard InChI is InChI=1S/C13H15F3N2O2/c14-13(15,16)11(19)7-18-12(20)9-3-1-5-10-8(9)4-2-6-17-10/h1,3,5,11,17,19H,2,4,6-7H2,(H,18,20). The van der Waals surface area contributed by atoms with Crippen molar-refractivity contribution in [3.05, 3.63) is 29.3 Å². The lowest BCUT2D eigenvalue weighted by atomic mass is 9.97. The van der Waals surface area contributed by atoms with Gasteiger partial charge in [-0.1, -0.05) is 6.07 Å². The normalized spacial score (nSPS) is 16.0. The van der Waals surface area contributed by atoms with E-state index in [0.29, 0.717) is 12.0 Å². The number of hydrogen-bond donors (Lipinski definition) is 3. The summed E-state index contributed by atoms with van der Waals surface area (Å²) in [5, 5.41) is 14.1. The lowest BCUT2D eigenvalue weighted by Crippen LogP contribution is -2.41. The molecule has 1 aromatic carbocycles. The molecule has 0 radical (unpaired) electrons. The number of alkyl halides is 3. The van der Waals surface area contributed by atoms with E-state index in [1.54, 1.807) is 12.1 Å². The van der Waals surface area contributed by atoms with Crippen LogP contribution in [0.2, 0.25) is 0 Å². The van der Waals surface area contributed by atoms with Gasteiger partial charge < -0.3 is 15.7 Å². The van der Waals surface area contributed by atoms with Gasteiger partial charge in [0.15, 0.2) is 6.10 Å². The highest BCUT2D eigenvalue weighted by atomic mass is 19.4. The van der Waals surface area contributed by atoms with Crippen molar-refractivity contribution < 1.29 is 23.1 Å². The number of benzene rings is 1. The zero-order valence-corrected chi connectivity index (χ0v) is 10.6. The van der Waals surface area contributed by atoms with E-state index in [9.17, 15) is 18.0 Å². The summed E-state index contributed by atoms with van der Waals surface area (Å²) >= 11 is 0. The molecule has 1 heterocycles. The average molecular weight is 288 g/mol. The van der Waals surface area contributed by atoms with Gasteiger partial charge in [-0.2, -0.15) is 13.2 Å². The van der Waals surface area contributed by atoms with Crippen molar-refractivity contribution in [2.75, 3.05) is 18.4 Å². The Hall–Kier alpha value is -1.76. The van der Waals surface area contributed by atoms with Crippen molar-refractivity contribution >= 4 is 11.6 Å². The predicted octanol–water partition coefficient (Wildman–Crippen LogP) is 1.70. The van der Waals surface area contributed by atoms with Gasteiger partial charge in [-0.05, 0) is 30.5 Å². The molecule has 1 aromatic rings. The summed E-state index contributed by atoms with van der Waals surface area (Å²) in [5.41, 5.74) is 1.99. The number of rotatable bonds is 3. The molecule has 1 unspecified atom stereocenters. The van der Waals surface area contributed by atoms with Crippen LogP contribution in [0.5, 0.6) is 0 Å². The van der Waals surface area contributed by atoms with E-state index in [-0.39, 0.29) is 0 Å². The third-order valence-electron chi connectivity index (χ3n) is 3.17. The molecular formula is C13H15F3N2O2. The number of anilines is 1. The highest BCUT2D eigenvalue weighted by Gasteiger charge is 2.38. The molecule has 0 saturated heterocycles. The lowest BCUT2D eigenvalue weighted by molar-refractivity contribution is -0.201. The van der Waals surface area contributed by atoms with E-state index in [2.05, 4.69) is 10.6 Å². The number of amides is 1. The third-order valence-corrected chi connectivity index (χ3v) is 3.17. The van der Waals surface area contributed by atoms with Crippen molar-refractivity contribution in [2.45, 2.75) is 25.1 Å². The molecule has 3 N–H and O–H groups in total. The molecule has 1 aliphatic rings. The summed E-state index contributed by atoms with van der Waals surface area (Å²) in [6.45, 7) is -0.0374. The van der Waals surface area contributed by atoms with Crippen LogP contribution in [-0.4, -0.2) is 36.4 Å². The molecule has 1 atom stereocenters. The summed E-state index contributed by atoms with van der Waals surface area (Å²) < 4.78 is 36.5. The summed E-state index contributed by atoms with van der Waals surface area (Å²) in [6, 6.07) is 5.07. The van der Waals surface area contributed by atoms with Crippen LogP contribution in [0.1, 0.15) is 22.3 Å². The molecule has 20 heavy (non-hydrogen) atoms. The molecule has 1 amide bonds. The molecule has 110 valence electrons. The van der Waals surface area contributed by atoms with E-state index < -0.39 is 24.7 Å². The molecule has 0 saturated carbocycles. The number of aliphatic hydroxyl groups is 1. The number of aliphatic hydroxyl groups excluding tert-OH is 1. The quantitative estimate of drug-likeness (QED) is 0.793. The van der Waals surface area contributed by atoms with Crippen LogP contribution in [0.4, 0.5) is 18.9 Å². The summed E-state index contributed by atoms with van der Waals surface area (Å²) in [7, 11) is 0. The molecule has 0 fully saturated rings. The highest BCUT2D eigenvalue weighted by molar-refractivity contribution is 5.97. The molecule has 0 spiro atoms. The Morgan fingerprint density at radius 3 is 2.90 bits per heavy atom. The van der Waals surface area contributed by atoms with E-state index >= 15 is 0 Å². The zero-order valence-electron chi connectivity index (χ0n) is 10.6. The molecule has 2 rings (SSSR count). The minimum Gasteiger partial charge on any atom is -0.385 e. The highest BCUT2D eigenvalue weighted by Crippen LogP contribution is 2.25. The number of halogens is 3.